The van der Waals surface area contributed by atoms with E-state index in [1.165, 1.54) is 0 Å². The third-order valence-electron chi connectivity index (χ3n) is 1.58. The molecule has 0 saturated carbocycles. The van der Waals surface area contributed by atoms with Gasteiger partial charge in [-0.2, -0.15) is 0 Å². The van der Waals surface area contributed by atoms with Crippen LogP contribution in [0.1, 0.15) is 27.7 Å². The first kappa shape index (κ1) is 13.3. The predicted molar refractivity (Wildman–Crippen MR) is 56.3 cm³/mol. The standard InChI is InChI=1S/C8H21N2O2P/c1-7(2)10(8(3)4)13(11)12-6-5-9/h7-8,11H,5-6,9H2,1-4H3. The summed E-state index contributed by atoms with van der Waals surface area (Å²) in [5.41, 5.74) is 5.28. The van der Waals surface area contributed by atoms with Crippen LogP contribution in [0.5, 0.6) is 0 Å². The molecule has 1 atom stereocenters. The smallest absolute Gasteiger partial charge is 0.256 e. The fraction of sp³-hybridized carbons (Fsp3) is 1.00. The van der Waals surface area contributed by atoms with Crippen molar-refractivity contribution >= 4 is 8.53 Å². The van der Waals surface area contributed by atoms with Crippen molar-refractivity contribution in [2.45, 2.75) is 39.8 Å². The van der Waals surface area contributed by atoms with E-state index in [4.69, 9.17) is 10.3 Å². The molecule has 5 heteroatoms. The lowest BCUT2D eigenvalue weighted by molar-refractivity contribution is 0.216. The third kappa shape index (κ3) is 4.89. The minimum atomic E-state index is -1.48. The van der Waals surface area contributed by atoms with E-state index in [0.717, 1.165) is 0 Å². The second-order valence-corrected chi connectivity index (χ2v) is 4.67. The molecule has 0 saturated heterocycles. The Morgan fingerprint density at radius 2 is 1.77 bits per heavy atom. The molecule has 13 heavy (non-hydrogen) atoms. The maximum Gasteiger partial charge on any atom is 0.256 e. The molecule has 4 nitrogen and oxygen atoms in total. The zero-order valence-corrected chi connectivity index (χ0v) is 9.79. The van der Waals surface area contributed by atoms with Gasteiger partial charge < -0.3 is 15.2 Å². The Balaban J connectivity index is 4.04. The van der Waals surface area contributed by atoms with E-state index in [2.05, 4.69) is 0 Å². The molecular weight excluding hydrogens is 187 g/mol. The Morgan fingerprint density at radius 1 is 1.31 bits per heavy atom. The van der Waals surface area contributed by atoms with Crippen LogP contribution in [0.2, 0.25) is 0 Å². The number of hydrogen-bond acceptors (Lipinski definition) is 4. The van der Waals surface area contributed by atoms with Gasteiger partial charge in [-0.25, -0.2) is 4.67 Å². The molecule has 0 spiro atoms. The zero-order valence-electron chi connectivity index (χ0n) is 8.90. The third-order valence-corrected chi connectivity index (χ3v) is 3.31. The molecule has 0 radical (unpaired) electrons. The van der Waals surface area contributed by atoms with Gasteiger partial charge in [-0.1, -0.05) is 0 Å². The molecule has 0 amide bonds. The largest absolute Gasteiger partial charge is 0.338 e. The first-order chi connectivity index (χ1) is 6.00. The van der Waals surface area contributed by atoms with Gasteiger partial charge in [0.25, 0.3) is 8.53 Å². The quantitative estimate of drug-likeness (QED) is 0.646. The van der Waals surface area contributed by atoms with Crippen LogP contribution in [0.4, 0.5) is 0 Å². The number of nitrogens with zero attached hydrogens (tertiary/aromatic N) is 1. The van der Waals surface area contributed by atoms with Crippen LogP contribution in [0.15, 0.2) is 0 Å². The summed E-state index contributed by atoms with van der Waals surface area (Å²) in [7, 11) is -1.48. The summed E-state index contributed by atoms with van der Waals surface area (Å²) in [6.07, 6.45) is 0. The van der Waals surface area contributed by atoms with Crippen molar-refractivity contribution in [2.75, 3.05) is 13.2 Å². The SMILES string of the molecule is CC(C)N(C(C)C)P(O)OCCN. The van der Waals surface area contributed by atoms with Crippen LogP contribution in [0.3, 0.4) is 0 Å². The van der Waals surface area contributed by atoms with E-state index in [1.807, 2.05) is 32.4 Å². The van der Waals surface area contributed by atoms with Gasteiger partial charge in [-0.15, -0.1) is 0 Å². The highest BCUT2D eigenvalue weighted by molar-refractivity contribution is 7.43. The average Bonchev–Trinajstić information content (AvgIpc) is 1.99. The van der Waals surface area contributed by atoms with Gasteiger partial charge in [0.15, 0.2) is 0 Å². The molecule has 80 valence electrons. The minimum absolute atomic E-state index is 0.286. The maximum absolute atomic E-state index is 9.69. The van der Waals surface area contributed by atoms with Crippen molar-refractivity contribution in [1.29, 1.82) is 0 Å². The molecule has 0 fully saturated rings. The van der Waals surface area contributed by atoms with Crippen molar-refractivity contribution in [3.05, 3.63) is 0 Å². The van der Waals surface area contributed by atoms with E-state index < -0.39 is 8.53 Å². The van der Waals surface area contributed by atoms with Crippen LogP contribution < -0.4 is 5.73 Å². The molecule has 3 N–H and O–H groups in total. The number of nitrogens with two attached hydrogens (primary N) is 1. The van der Waals surface area contributed by atoms with Crippen LogP contribution >= 0.6 is 8.53 Å². The van der Waals surface area contributed by atoms with Gasteiger partial charge in [0, 0.05) is 18.6 Å². The fourth-order valence-corrected chi connectivity index (χ4v) is 2.38. The van der Waals surface area contributed by atoms with E-state index in [9.17, 15) is 4.89 Å². The summed E-state index contributed by atoms with van der Waals surface area (Å²) in [6.45, 7) is 9.02. The van der Waals surface area contributed by atoms with Crippen molar-refractivity contribution in [1.82, 2.24) is 4.67 Å². The van der Waals surface area contributed by atoms with Gasteiger partial charge >= 0.3 is 0 Å². The Kier molecular flexibility index (Phi) is 6.82. The van der Waals surface area contributed by atoms with E-state index in [1.54, 1.807) is 0 Å². The summed E-state index contributed by atoms with van der Waals surface area (Å²) in [5, 5.41) is 0. The van der Waals surface area contributed by atoms with Gasteiger partial charge in [-0.05, 0) is 27.7 Å². The Labute approximate surface area is 82.0 Å². The van der Waals surface area contributed by atoms with Gasteiger partial charge in [-0.3, -0.25) is 0 Å². The van der Waals surface area contributed by atoms with Gasteiger partial charge in [0.2, 0.25) is 0 Å². The van der Waals surface area contributed by atoms with Crippen molar-refractivity contribution in [3.8, 4) is 0 Å². The first-order valence-corrected chi connectivity index (χ1v) is 5.77. The summed E-state index contributed by atoms with van der Waals surface area (Å²) >= 11 is 0. The number of rotatable bonds is 6. The summed E-state index contributed by atoms with van der Waals surface area (Å²) in [4.78, 5) is 9.69. The summed E-state index contributed by atoms with van der Waals surface area (Å²) in [5.74, 6) is 0. The van der Waals surface area contributed by atoms with E-state index in [-0.39, 0.29) is 12.1 Å². The molecule has 0 aliphatic rings. The molecular formula is C8H21N2O2P. The lowest BCUT2D eigenvalue weighted by Gasteiger charge is -2.32. The topological polar surface area (TPSA) is 58.7 Å². The first-order valence-electron chi connectivity index (χ1n) is 4.61. The highest BCUT2D eigenvalue weighted by atomic mass is 31.2. The normalized spacial score (nSPS) is 14.5. The van der Waals surface area contributed by atoms with Crippen LogP contribution in [-0.4, -0.2) is 34.8 Å². The summed E-state index contributed by atoms with van der Waals surface area (Å²) in [6, 6.07) is 0.572. The Morgan fingerprint density at radius 3 is 2.08 bits per heavy atom. The molecule has 0 rings (SSSR count). The summed E-state index contributed by atoms with van der Waals surface area (Å²) < 4.78 is 7.15. The van der Waals surface area contributed by atoms with Crippen molar-refractivity contribution < 1.29 is 9.42 Å². The van der Waals surface area contributed by atoms with Crippen LogP contribution in [0.25, 0.3) is 0 Å². The van der Waals surface area contributed by atoms with Crippen LogP contribution in [0, 0.1) is 0 Å². The number of hydrogen-bond donors (Lipinski definition) is 2. The van der Waals surface area contributed by atoms with Crippen molar-refractivity contribution in [2.24, 2.45) is 5.73 Å². The van der Waals surface area contributed by atoms with Gasteiger partial charge in [0.1, 0.15) is 0 Å². The highest BCUT2D eigenvalue weighted by Gasteiger charge is 2.23. The molecule has 0 aromatic rings. The lowest BCUT2D eigenvalue weighted by Crippen LogP contribution is -2.33. The molecule has 0 aliphatic heterocycles. The molecule has 0 heterocycles. The highest BCUT2D eigenvalue weighted by Crippen LogP contribution is 2.39. The Hall–Kier alpha value is 0.270. The second kappa shape index (κ2) is 6.68. The molecule has 0 aliphatic carbocycles. The second-order valence-electron chi connectivity index (χ2n) is 3.44. The van der Waals surface area contributed by atoms with Gasteiger partial charge in [0.05, 0.1) is 6.61 Å². The molecule has 0 aromatic carbocycles. The van der Waals surface area contributed by atoms with Crippen molar-refractivity contribution in [3.63, 3.8) is 0 Å². The predicted octanol–water partition coefficient (Wildman–Crippen LogP) is 1.30. The van der Waals surface area contributed by atoms with Crippen LogP contribution in [-0.2, 0) is 4.52 Å². The fourth-order valence-electron chi connectivity index (χ4n) is 1.19. The van der Waals surface area contributed by atoms with E-state index in [0.29, 0.717) is 13.2 Å². The average molecular weight is 208 g/mol. The maximum atomic E-state index is 9.69. The Bertz CT molecular complexity index is 125. The lowest BCUT2D eigenvalue weighted by atomic mass is 10.3. The molecule has 0 aromatic heterocycles. The monoisotopic (exact) mass is 208 g/mol. The zero-order chi connectivity index (χ0) is 10.4. The molecule has 0 bridgehead atoms. The molecule has 1 unspecified atom stereocenters. The minimum Gasteiger partial charge on any atom is -0.338 e. The van der Waals surface area contributed by atoms with E-state index >= 15 is 0 Å².